The normalized spacial score (nSPS) is 22.1. The molecule has 0 saturated carbocycles. The highest BCUT2D eigenvalue weighted by molar-refractivity contribution is 6.39. The summed E-state index contributed by atoms with van der Waals surface area (Å²) in [6.07, 6.45) is 1.47. The molecule has 1 aromatic rings. The van der Waals surface area contributed by atoms with Gasteiger partial charge in [0.05, 0.1) is 15.6 Å². The molecule has 2 rings (SSSR count). The summed E-state index contributed by atoms with van der Waals surface area (Å²) >= 11 is 12.1. The fraction of sp³-hybridized carbons (Fsp3) is 0.429. The molecule has 1 aromatic carbocycles. The number of benzene rings is 1. The lowest BCUT2D eigenvalue weighted by Crippen LogP contribution is -2.52. The number of likely N-dealkylation sites (tertiary alicyclic amines) is 1. The molecule has 1 aliphatic rings. The van der Waals surface area contributed by atoms with Gasteiger partial charge in [-0.2, -0.15) is 0 Å². The molecule has 1 amide bonds. The molecule has 0 radical (unpaired) electrons. The Morgan fingerprint density at radius 1 is 1.35 bits per heavy atom. The molecule has 1 atom stereocenters. The van der Waals surface area contributed by atoms with Gasteiger partial charge < -0.3 is 10.0 Å². The summed E-state index contributed by atoms with van der Waals surface area (Å²) in [5.74, 6) is -1.39. The first-order valence-corrected chi connectivity index (χ1v) is 7.19. The van der Waals surface area contributed by atoms with Crippen molar-refractivity contribution in [1.82, 2.24) is 4.90 Å². The van der Waals surface area contributed by atoms with E-state index in [4.69, 9.17) is 23.2 Å². The van der Waals surface area contributed by atoms with Crippen LogP contribution in [0, 0.1) is 0 Å². The van der Waals surface area contributed by atoms with Gasteiger partial charge in [0.25, 0.3) is 5.91 Å². The van der Waals surface area contributed by atoms with E-state index in [-0.39, 0.29) is 15.6 Å². The molecule has 0 bridgehead atoms. The van der Waals surface area contributed by atoms with E-state index >= 15 is 0 Å². The third-order valence-electron chi connectivity index (χ3n) is 3.89. The second-order valence-corrected chi connectivity index (χ2v) is 5.66. The van der Waals surface area contributed by atoms with Gasteiger partial charge >= 0.3 is 5.97 Å². The minimum Gasteiger partial charge on any atom is -0.479 e. The zero-order chi connectivity index (χ0) is 14.9. The number of nitrogens with zero attached hydrogens (tertiary/aromatic N) is 1. The highest BCUT2D eigenvalue weighted by Gasteiger charge is 2.49. The number of carbonyl (C=O) groups is 2. The lowest BCUT2D eigenvalue weighted by atomic mass is 9.92. The van der Waals surface area contributed by atoms with Crippen molar-refractivity contribution in [1.29, 1.82) is 0 Å². The number of hydrogen-bond acceptors (Lipinski definition) is 2. The number of halogens is 2. The van der Waals surface area contributed by atoms with E-state index in [0.717, 1.165) is 0 Å². The Balaban J connectivity index is 2.45. The highest BCUT2D eigenvalue weighted by atomic mass is 35.5. The zero-order valence-electron chi connectivity index (χ0n) is 11.0. The third-order valence-corrected chi connectivity index (χ3v) is 4.52. The summed E-state index contributed by atoms with van der Waals surface area (Å²) in [4.78, 5) is 25.7. The van der Waals surface area contributed by atoms with Crippen molar-refractivity contribution in [3.63, 3.8) is 0 Å². The monoisotopic (exact) mass is 315 g/mol. The molecule has 108 valence electrons. The van der Waals surface area contributed by atoms with Crippen LogP contribution in [0.25, 0.3) is 0 Å². The first-order valence-electron chi connectivity index (χ1n) is 6.43. The van der Waals surface area contributed by atoms with Crippen LogP contribution in [0.1, 0.15) is 36.5 Å². The van der Waals surface area contributed by atoms with Crippen molar-refractivity contribution in [3.05, 3.63) is 33.8 Å². The number of rotatable bonds is 3. The number of hydrogen-bond donors (Lipinski definition) is 1. The molecule has 0 aliphatic carbocycles. The quantitative estimate of drug-likeness (QED) is 0.929. The minimum absolute atomic E-state index is 0.178. The van der Waals surface area contributed by atoms with Gasteiger partial charge in [0.1, 0.15) is 5.54 Å². The fourth-order valence-corrected chi connectivity index (χ4v) is 3.31. The lowest BCUT2D eigenvalue weighted by Gasteiger charge is -2.34. The van der Waals surface area contributed by atoms with Gasteiger partial charge in [-0.05, 0) is 31.4 Å². The van der Waals surface area contributed by atoms with Gasteiger partial charge in [-0.3, -0.25) is 4.79 Å². The molecular weight excluding hydrogens is 301 g/mol. The maximum Gasteiger partial charge on any atom is 0.329 e. The summed E-state index contributed by atoms with van der Waals surface area (Å²) in [5.41, 5.74) is -0.976. The number of carbonyl (C=O) groups excluding carboxylic acids is 1. The van der Waals surface area contributed by atoms with Crippen LogP contribution >= 0.6 is 23.2 Å². The zero-order valence-corrected chi connectivity index (χ0v) is 12.5. The smallest absolute Gasteiger partial charge is 0.329 e. The summed E-state index contributed by atoms with van der Waals surface area (Å²) in [6.45, 7) is 2.18. The van der Waals surface area contributed by atoms with Crippen LogP contribution in [0.2, 0.25) is 10.0 Å². The molecule has 1 unspecified atom stereocenters. The van der Waals surface area contributed by atoms with E-state index in [1.165, 1.54) is 4.90 Å². The van der Waals surface area contributed by atoms with E-state index in [9.17, 15) is 14.7 Å². The van der Waals surface area contributed by atoms with E-state index in [1.54, 1.807) is 25.1 Å². The Hall–Kier alpha value is -1.26. The van der Waals surface area contributed by atoms with Crippen LogP contribution in [-0.2, 0) is 4.79 Å². The largest absolute Gasteiger partial charge is 0.479 e. The van der Waals surface area contributed by atoms with Crippen molar-refractivity contribution < 1.29 is 14.7 Å². The Morgan fingerprint density at radius 2 is 1.95 bits per heavy atom. The molecular formula is C14H15Cl2NO3. The van der Waals surface area contributed by atoms with Crippen LogP contribution in [0.15, 0.2) is 18.2 Å². The van der Waals surface area contributed by atoms with Crippen molar-refractivity contribution in [3.8, 4) is 0 Å². The van der Waals surface area contributed by atoms with Gasteiger partial charge in [0.2, 0.25) is 0 Å². The van der Waals surface area contributed by atoms with Crippen molar-refractivity contribution in [2.45, 2.75) is 31.7 Å². The summed E-state index contributed by atoms with van der Waals surface area (Å²) < 4.78 is 0. The van der Waals surface area contributed by atoms with Gasteiger partial charge in [-0.1, -0.05) is 36.2 Å². The first-order chi connectivity index (χ1) is 9.44. The molecule has 1 aliphatic heterocycles. The molecule has 1 N–H and O–H groups in total. The average molecular weight is 316 g/mol. The van der Waals surface area contributed by atoms with Crippen LogP contribution < -0.4 is 0 Å². The molecule has 6 heteroatoms. The predicted octanol–water partition coefficient (Wildman–Crippen LogP) is 3.46. The number of carboxylic acids is 1. The maximum absolute atomic E-state index is 12.7. The van der Waals surface area contributed by atoms with Crippen molar-refractivity contribution >= 4 is 35.1 Å². The molecule has 0 spiro atoms. The van der Waals surface area contributed by atoms with E-state index in [0.29, 0.717) is 25.8 Å². The average Bonchev–Trinajstić information content (AvgIpc) is 2.83. The van der Waals surface area contributed by atoms with Crippen LogP contribution in [0.5, 0.6) is 0 Å². The molecule has 1 fully saturated rings. The Labute approximate surface area is 127 Å². The standard InChI is InChI=1S/C14H15Cl2NO3/c1-2-14(13(19)20)7-4-8-17(14)12(18)11-9(15)5-3-6-10(11)16/h3,5-6H,2,4,7-8H2,1H3,(H,19,20). The van der Waals surface area contributed by atoms with Crippen LogP contribution in [-0.4, -0.2) is 34.0 Å². The highest BCUT2D eigenvalue weighted by Crippen LogP contribution is 2.36. The second kappa shape index (κ2) is 5.62. The van der Waals surface area contributed by atoms with E-state index in [2.05, 4.69) is 0 Å². The lowest BCUT2D eigenvalue weighted by molar-refractivity contribution is -0.148. The number of carboxylic acid groups (broad SMARTS) is 1. The van der Waals surface area contributed by atoms with Crippen molar-refractivity contribution in [2.75, 3.05) is 6.54 Å². The summed E-state index contributed by atoms with van der Waals surface area (Å²) in [7, 11) is 0. The van der Waals surface area contributed by atoms with Gasteiger partial charge in [0, 0.05) is 6.54 Å². The Bertz CT molecular complexity index is 541. The predicted molar refractivity (Wildman–Crippen MR) is 77.4 cm³/mol. The molecule has 4 nitrogen and oxygen atoms in total. The Morgan fingerprint density at radius 3 is 2.45 bits per heavy atom. The Kier molecular flexibility index (Phi) is 4.25. The topological polar surface area (TPSA) is 57.6 Å². The summed E-state index contributed by atoms with van der Waals surface area (Å²) in [5, 5.41) is 9.99. The van der Waals surface area contributed by atoms with Crippen molar-refractivity contribution in [2.24, 2.45) is 0 Å². The molecule has 0 aromatic heterocycles. The third kappa shape index (κ3) is 2.27. The van der Waals surface area contributed by atoms with Crippen LogP contribution in [0.3, 0.4) is 0 Å². The minimum atomic E-state index is -1.15. The van der Waals surface area contributed by atoms with E-state index in [1.807, 2.05) is 0 Å². The summed E-state index contributed by atoms with van der Waals surface area (Å²) in [6, 6.07) is 4.80. The van der Waals surface area contributed by atoms with E-state index < -0.39 is 17.4 Å². The fourth-order valence-electron chi connectivity index (χ4n) is 2.75. The first kappa shape index (κ1) is 15.1. The van der Waals surface area contributed by atoms with Crippen LogP contribution in [0.4, 0.5) is 0 Å². The molecule has 1 heterocycles. The maximum atomic E-state index is 12.7. The van der Waals surface area contributed by atoms with Gasteiger partial charge in [0.15, 0.2) is 0 Å². The van der Waals surface area contributed by atoms with Gasteiger partial charge in [-0.25, -0.2) is 4.79 Å². The molecule has 20 heavy (non-hydrogen) atoms. The number of aliphatic carboxylic acids is 1. The molecule has 1 saturated heterocycles. The van der Waals surface area contributed by atoms with Gasteiger partial charge in [-0.15, -0.1) is 0 Å². The SMILES string of the molecule is CCC1(C(=O)O)CCCN1C(=O)c1c(Cl)cccc1Cl. The number of amides is 1. The second-order valence-electron chi connectivity index (χ2n) is 4.85.